The number of carbonyl (C=O) groups excluding carboxylic acids is 1. The van der Waals surface area contributed by atoms with Crippen LogP contribution >= 0.6 is 0 Å². The van der Waals surface area contributed by atoms with E-state index in [4.69, 9.17) is 0 Å². The van der Waals surface area contributed by atoms with Crippen LogP contribution in [0, 0.1) is 37.5 Å². The number of urea groups is 1. The van der Waals surface area contributed by atoms with Gasteiger partial charge in [0.05, 0.1) is 0 Å². The molecule has 4 fully saturated rings. The average molecular weight is 399 g/mol. The Morgan fingerprint density at radius 2 is 1.66 bits per heavy atom. The van der Waals surface area contributed by atoms with Gasteiger partial charge in [0, 0.05) is 23.5 Å². The third-order valence-corrected chi connectivity index (χ3v) is 6.48. The molecule has 1 aromatic heterocycles. The molecule has 7 nitrogen and oxygen atoms in total. The second-order valence-corrected chi connectivity index (χ2v) is 9.96. The number of hydrogen-bond donors (Lipinski definition) is 3. The zero-order chi connectivity index (χ0) is 20.6. The number of aliphatic imine (C=N–C) groups is 1. The maximum absolute atomic E-state index is 12.9. The summed E-state index contributed by atoms with van der Waals surface area (Å²) < 4.78 is 0. The highest BCUT2D eigenvalue weighted by Crippen LogP contribution is 2.55. The Labute approximate surface area is 173 Å². The first-order valence-corrected chi connectivity index (χ1v) is 11.0. The van der Waals surface area contributed by atoms with Crippen LogP contribution in [0.15, 0.2) is 11.1 Å². The summed E-state index contributed by atoms with van der Waals surface area (Å²) in [6, 6.07) is 1.75. The van der Waals surface area contributed by atoms with E-state index < -0.39 is 0 Å². The van der Waals surface area contributed by atoms with E-state index in [1.165, 1.54) is 19.3 Å². The maximum Gasteiger partial charge on any atom is 0.321 e. The van der Waals surface area contributed by atoms with Crippen LogP contribution in [-0.4, -0.2) is 34.0 Å². The molecule has 29 heavy (non-hydrogen) atoms. The smallest absolute Gasteiger partial charge is 0.321 e. The normalized spacial score (nSPS) is 30.5. The number of rotatable bonds is 4. The van der Waals surface area contributed by atoms with Crippen LogP contribution in [0.25, 0.3) is 0 Å². The predicted molar refractivity (Wildman–Crippen MR) is 115 cm³/mol. The molecule has 0 aliphatic heterocycles. The maximum atomic E-state index is 12.9. The Morgan fingerprint density at radius 3 is 2.17 bits per heavy atom. The molecule has 4 aliphatic carbocycles. The quantitative estimate of drug-likeness (QED) is 0.532. The van der Waals surface area contributed by atoms with E-state index >= 15 is 0 Å². The third-order valence-electron chi connectivity index (χ3n) is 6.48. The molecule has 7 heteroatoms. The van der Waals surface area contributed by atoms with E-state index in [9.17, 15) is 4.79 Å². The number of guanidine groups is 1. The van der Waals surface area contributed by atoms with Gasteiger partial charge in [-0.25, -0.2) is 14.8 Å². The summed E-state index contributed by atoms with van der Waals surface area (Å²) in [7, 11) is 0. The lowest BCUT2D eigenvalue weighted by Gasteiger charge is -2.56. The number of aromatic nitrogens is 2. The largest absolute Gasteiger partial charge is 0.332 e. The van der Waals surface area contributed by atoms with Crippen molar-refractivity contribution in [3.05, 3.63) is 17.5 Å². The molecule has 0 unspecified atom stereocenters. The first-order chi connectivity index (χ1) is 13.8. The molecule has 0 spiro atoms. The summed E-state index contributed by atoms with van der Waals surface area (Å²) in [5.74, 6) is 3.62. The fourth-order valence-electron chi connectivity index (χ4n) is 5.92. The number of anilines is 1. The van der Waals surface area contributed by atoms with E-state index in [-0.39, 0.29) is 11.6 Å². The molecule has 4 saturated carbocycles. The number of amides is 2. The molecular formula is C22H34N6O. The van der Waals surface area contributed by atoms with Crippen molar-refractivity contribution in [1.82, 2.24) is 20.6 Å². The van der Waals surface area contributed by atoms with Gasteiger partial charge < -0.3 is 5.32 Å². The van der Waals surface area contributed by atoms with Crippen LogP contribution < -0.4 is 16.0 Å². The van der Waals surface area contributed by atoms with E-state index in [1.807, 2.05) is 19.9 Å². The third kappa shape index (κ3) is 4.87. The monoisotopic (exact) mass is 398 g/mol. The van der Waals surface area contributed by atoms with Crippen molar-refractivity contribution in [3.63, 3.8) is 0 Å². The van der Waals surface area contributed by atoms with Gasteiger partial charge in [0.2, 0.25) is 11.9 Å². The highest BCUT2D eigenvalue weighted by molar-refractivity contribution is 6.03. The molecule has 4 aliphatic rings. The molecule has 4 bridgehead atoms. The van der Waals surface area contributed by atoms with Crippen molar-refractivity contribution in [2.45, 2.75) is 71.8 Å². The highest BCUT2D eigenvalue weighted by atomic mass is 16.2. The van der Waals surface area contributed by atoms with Gasteiger partial charge in [0.15, 0.2) is 0 Å². The van der Waals surface area contributed by atoms with Gasteiger partial charge >= 0.3 is 6.03 Å². The molecule has 5 rings (SSSR count). The average Bonchev–Trinajstić information content (AvgIpc) is 2.56. The lowest BCUT2D eigenvalue weighted by atomic mass is 9.53. The van der Waals surface area contributed by atoms with Crippen LogP contribution in [0.1, 0.15) is 63.8 Å². The topological polar surface area (TPSA) is 91.3 Å². The van der Waals surface area contributed by atoms with Crippen molar-refractivity contribution in [1.29, 1.82) is 0 Å². The van der Waals surface area contributed by atoms with Gasteiger partial charge in [0.25, 0.3) is 0 Å². The van der Waals surface area contributed by atoms with Gasteiger partial charge in [0.1, 0.15) is 0 Å². The molecule has 158 valence electrons. The number of carbonyl (C=O) groups is 1. The second-order valence-electron chi connectivity index (χ2n) is 9.96. The van der Waals surface area contributed by atoms with Gasteiger partial charge in [-0.1, -0.05) is 13.8 Å². The van der Waals surface area contributed by atoms with Crippen molar-refractivity contribution in [2.24, 2.45) is 28.7 Å². The van der Waals surface area contributed by atoms with Crippen molar-refractivity contribution in [2.75, 3.05) is 11.9 Å². The summed E-state index contributed by atoms with van der Waals surface area (Å²) in [5, 5.41) is 9.39. The Bertz CT molecular complexity index is 747. The molecule has 1 heterocycles. The summed E-state index contributed by atoms with van der Waals surface area (Å²) in [6.45, 7) is 8.68. The molecule has 0 aromatic carbocycles. The molecule has 0 atom stereocenters. The van der Waals surface area contributed by atoms with Crippen molar-refractivity contribution < 1.29 is 4.79 Å². The van der Waals surface area contributed by atoms with Gasteiger partial charge in [-0.05, 0) is 82.1 Å². The Morgan fingerprint density at radius 1 is 1.10 bits per heavy atom. The van der Waals surface area contributed by atoms with Gasteiger partial charge in [-0.15, -0.1) is 0 Å². The molecule has 2 amide bonds. The van der Waals surface area contributed by atoms with Crippen molar-refractivity contribution in [3.8, 4) is 0 Å². The van der Waals surface area contributed by atoms with Crippen molar-refractivity contribution >= 4 is 17.9 Å². The lowest BCUT2D eigenvalue weighted by Crippen LogP contribution is -2.62. The fraction of sp³-hybridized carbons (Fsp3) is 0.727. The van der Waals surface area contributed by atoms with Crippen LogP contribution in [0.2, 0.25) is 0 Å². The Hall–Kier alpha value is -2.18. The van der Waals surface area contributed by atoms with E-state index in [1.54, 1.807) is 0 Å². The van der Waals surface area contributed by atoms with E-state index in [2.05, 4.69) is 44.8 Å². The predicted octanol–water partition coefficient (Wildman–Crippen LogP) is 3.79. The first-order valence-electron chi connectivity index (χ1n) is 11.0. The van der Waals surface area contributed by atoms with Gasteiger partial charge in [-0.3, -0.25) is 15.6 Å². The Balaban J connectivity index is 1.44. The minimum absolute atomic E-state index is 0.0294. The SMILES string of the molecule is Cc1cc(C)nc(NC(=NCC(C)C)NC(=O)NC23CC4CC(CC(C4)C2)C3)n1. The fourth-order valence-corrected chi connectivity index (χ4v) is 5.92. The molecule has 0 radical (unpaired) electrons. The number of hydrogen-bond acceptors (Lipinski definition) is 4. The standard InChI is InChI=1S/C22H34N6O/c1-13(2)12-23-19(26-20-24-14(3)5-15(4)25-20)27-21(29)28-22-9-16-6-17(10-22)8-18(7-16)11-22/h5,13,16-18H,6-12H2,1-4H3,(H3,23,24,25,26,27,28,29). The number of nitrogens with one attached hydrogen (secondary N) is 3. The zero-order valence-corrected chi connectivity index (χ0v) is 18.1. The Kier molecular flexibility index (Phi) is 5.49. The summed E-state index contributed by atoms with van der Waals surface area (Å²) in [5.41, 5.74) is 1.72. The minimum Gasteiger partial charge on any atom is -0.332 e. The zero-order valence-electron chi connectivity index (χ0n) is 18.1. The first kappa shape index (κ1) is 20.1. The second kappa shape index (κ2) is 7.92. The number of aryl methyl sites for hydroxylation is 2. The van der Waals surface area contributed by atoms with E-state index in [0.29, 0.717) is 24.4 Å². The van der Waals surface area contributed by atoms with Crippen LogP contribution in [-0.2, 0) is 0 Å². The molecule has 3 N–H and O–H groups in total. The highest BCUT2D eigenvalue weighted by Gasteiger charge is 2.51. The lowest BCUT2D eigenvalue weighted by molar-refractivity contribution is -0.0132. The van der Waals surface area contributed by atoms with Crippen LogP contribution in [0.5, 0.6) is 0 Å². The minimum atomic E-state index is -0.175. The van der Waals surface area contributed by atoms with E-state index in [0.717, 1.165) is 48.4 Å². The molecule has 0 saturated heterocycles. The molecule has 1 aromatic rings. The summed E-state index contributed by atoms with van der Waals surface area (Å²) in [6.07, 6.45) is 7.44. The molecular weight excluding hydrogens is 364 g/mol. The van der Waals surface area contributed by atoms with Crippen LogP contribution in [0.4, 0.5) is 10.7 Å². The summed E-state index contributed by atoms with van der Waals surface area (Å²) >= 11 is 0. The van der Waals surface area contributed by atoms with Gasteiger partial charge in [-0.2, -0.15) is 0 Å². The number of nitrogens with zero attached hydrogens (tertiary/aromatic N) is 3. The van der Waals surface area contributed by atoms with Crippen LogP contribution in [0.3, 0.4) is 0 Å². The summed E-state index contributed by atoms with van der Waals surface area (Å²) in [4.78, 5) is 26.3.